The summed E-state index contributed by atoms with van der Waals surface area (Å²) in [4.78, 5) is 12.0. The van der Waals surface area contributed by atoms with Crippen molar-refractivity contribution in [2.24, 2.45) is 0 Å². The van der Waals surface area contributed by atoms with Crippen LogP contribution in [0.5, 0.6) is 11.5 Å². The lowest BCUT2D eigenvalue weighted by Gasteiger charge is -2.13. The molecular weight excluding hydrogens is 252 g/mol. The van der Waals surface area contributed by atoms with Crippen LogP contribution in [0, 0.1) is 0 Å². The lowest BCUT2D eigenvalue weighted by Crippen LogP contribution is -2.10. The second kappa shape index (κ2) is 5.37. The van der Waals surface area contributed by atoms with Crippen molar-refractivity contribution in [1.82, 2.24) is 0 Å². The Morgan fingerprint density at radius 3 is 2.65 bits per heavy atom. The van der Waals surface area contributed by atoms with Gasteiger partial charge in [-0.25, -0.2) is 0 Å². The van der Waals surface area contributed by atoms with E-state index in [-0.39, 0.29) is 11.9 Å². The van der Waals surface area contributed by atoms with Gasteiger partial charge in [-0.1, -0.05) is 36.4 Å². The number of rotatable bonds is 2. The number of ether oxygens (including phenoxy) is 2. The Hall–Kier alpha value is -2.29. The molecule has 0 fully saturated rings. The minimum absolute atomic E-state index is 0.165. The number of methoxy groups -OCH3 is 1. The van der Waals surface area contributed by atoms with Gasteiger partial charge in [0.25, 0.3) is 0 Å². The summed E-state index contributed by atoms with van der Waals surface area (Å²) >= 11 is 0. The minimum atomic E-state index is -0.189. The topological polar surface area (TPSA) is 35.5 Å². The van der Waals surface area contributed by atoms with Gasteiger partial charge < -0.3 is 9.47 Å². The number of hydrogen-bond donors (Lipinski definition) is 0. The molecule has 3 nitrogen and oxygen atoms in total. The fourth-order valence-corrected chi connectivity index (χ4v) is 2.59. The monoisotopic (exact) mass is 268 g/mol. The van der Waals surface area contributed by atoms with Crippen LogP contribution >= 0.6 is 0 Å². The van der Waals surface area contributed by atoms with E-state index >= 15 is 0 Å². The summed E-state index contributed by atoms with van der Waals surface area (Å²) in [5, 5.41) is 0. The maximum absolute atomic E-state index is 12.0. The molecule has 0 bridgehead atoms. The highest BCUT2D eigenvalue weighted by molar-refractivity contribution is 5.75. The number of carbonyl (C=O) groups excluding carboxylic acids is 1. The molecule has 2 aromatic rings. The summed E-state index contributed by atoms with van der Waals surface area (Å²) < 4.78 is 10.6. The summed E-state index contributed by atoms with van der Waals surface area (Å²) in [7, 11) is 1.60. The smallest absolute Gasteiger partial charge is 0.311 e. The van der Waals surface area contributed by atoms with Crippen molar-refractivity contribution >= 4 is 5.97 Å². The van der Waals surface area contributed by atoms with Crippen molar-refractivity contribution in [2.75, 3.05) is 7.11 Å². The van der Waals surface area contributed by atoms with Gasteiger partial charge in [-0.05, 0) is 29.5 Å². The molecule has 0 aliphatic carbocycles. The van der Waals surface area contributed by atoms with Crippen molar-refractivity contribution < 1.29 is 14.3 Å². The van der Waals surface area contributed by atoms with E-state index in [2.05, 4.69) is 12.1 Å². The maximum Gasteiger partial charge on any atom is 0.311 e. The van der Waals surface area contributed by atoms with Gasteiger partial charge in [-0.3, -0.25) is 4.79 Å². The van der Waals surface area contributed by atoms with Gasteiger partial charge in [0.1, 0.15) is 11.5 Å². The second-order valence-electron chi connectivity index (χ2n) is 4.96. The lowest BCUT2D eigenvalue weighted by atomic mass is 9.90. The van der Waals surface area contributed by atoms with Crippen LogP contribution in [-0.2, 0) is 11.2 Å². The molecule has 0 radical (unpaired) electrons. The Bertz CT molecular complexity index is 619. The van der Waals surface area contributed by atoms with Crippen LogP contribution < -0.4 is 9.47 Å². The van der Waals surface area contributed by atoms with Gasteiger partial charge in [-0.15, -0.1) is 0 Å². The molecule has 0 spiro atoms. The van der Waals surface area contributed by atoms with Gasteiger partial charge in [0, 0.05) is 6.07 Å². The fraction of sp³-hybridized carbons (Fsp3) is 0.235. The molecule has 1 aliphatic rings. The number of fused-ring (bicyclic) bond motifs is 1. The number of benzene rings is 2. The van der Waals surface area contributed by atoms with E-state index in [1.165, 1.54) is 5.56 Å². The average molecular weight is 268 g/mol. The van der Waals surface area contributed by atoms with Crippen LogP contribution in [0.25, 0.3) is 0 Å². The number of hydrogen-bond acceptors (Lipinski definition) is 3. The van der Waals surface area contributed by atoms with E-state index in [1.807, 2.05) is 30.3 Å². The van der Waals surface area contributed by atoms with Crippen LogP contribution in [0.3, 0.4) is 0 Å². The quantitative estimate of drug-likeness (QED) is 0.619. The highest BCUT2D eigenvalue weighted by atomic mass is 16.5. The molecule has 2 aromatic carbocycles. The number of esters is 1. The van der Waals surface area contributed by atoms with E-state index in [9.17, 15) is 4.79 Å². The third-order valence-corrected chi connectivity index (χ3v) is 3.65. The first-order valence-electron chi connectivity index (χ1n) is 6.69. The highest BCUT2D eigenvalue weighted by Crippen LogP contribution is 2.34. The molecule has 20 heavy (non-hydrogen) atoms. The molecule has 0 saturated heterocycles. The van der Waals surface area contributed by atoms with E-state index in [4.69, 9.17) is 9.47 Å². The van der Waals surface area contributed by atoms with E-state index in [1.54, 1.807) is 13.2 Å². The molecule has 0 amide bonds. The van der Waals surface area contributed by atoms with Gasteiger partial charge >= 0.3 is 5.97 Å². The third kappa shape index (κ3) is 2.52. The predicted octanol–water partition coefficient (Wildman–Crippen LogP) is 3.33. The van der Waals surface area contributed by atoms with Gasteiger partial charge in [0.15, 0.2) is 0 Å². The van der Waals surface area contributed by atoms with Crippen LogP contribution in [0.2, 0.25) is 0 Å². The Labute approximate surface area is 118 Å². The van der Waals surface area contributed by atoms with E-state index < -0.39 is 0 Å². The molecule has 1 heterocycles. The first-order valence-corrected chi connectivity index (χ1v) is 6.69. The average Bonchev–Trinajstić information content (AvgIpc) is 2.65. The third-order valence-electron chi connectivity index (χ3n) is 3.65. The molecule has 1 atom stereocenters. The van der Waals surface area contributed by atoms with Crippen LogP contribution in [0.1, 0.15) is 23.5 Å². The van der Waals surface area contributed by atoms with Crippen molar-refractivity contribution in [3.63, 3.8) is 0 Å². The molecule has 0 N–H and O–H groups in total. The first kappa shape index (κ1) is 12.7. The van der Waals surface area contributed by atoms with Crippen molar-refractivity contribution in [3.8, 4) is 11.5 Å². The summed E-state index contributed by atoms with van der Waals surface area (Å²) in [6.45, 7) is 0. The summed E-state index contributed by atoms with van der Waals surface area (Å²) in [5.41, 5.74) is 2.22. The molecular formula is C17H16O3. The molecule has 3 heteroatoms. The Balaban J connectivity index is 1.96. The van der Waals surface area contributed by atoms with Crippen LogP contribution in [0.4, 0.5) is 0 Å². The highest BCUT2D eigenvalue weighted by Gasteiger charge is 2.24. The Morgan fingerprint density at radius 2 is 1.90 bits per heavy atom. The summed E-state index contributed by atoms with van der Waals surface area (Å²) in [6.07, 6.45) is 1.20. The normalized spacial score (nSPS) is 17.9. The standard InChI is InChI=1S/C17H16O3/c1-19-15-8-7-13-9-14(12-5-3-2-4-6-12)10-17(18)20-16(13)11-15/h2-8,11,14H,9-10H2,1H3. The van der Waals surface area contributed by atoms with Crippen molar-refractivity contribution in [2.45, 2.75) is 18.8 Å². The van der Waals surface area contributed by atoms with Crippen LogP contribution in [0.15, 0.2) is 48.5 Å². The fourth-order valence-electron chi connectivity index (χ4n) is 2.59. The van der Waals surface area contributed by atoms with E-state index in [0.717, 1.165) is 12.0 Å². The SMILES string of the molecule is COc1ccc2c(c1)OC(=O)CC(c1ccccc1)C2. The van der Waals surface area contributed by atoms with Gasteiger partial charge in [0.2, 0.25) is 0 Å². The maximum atomic E-state index is 12.0. The zero-order valence-corrected chi connectivity index (χ0v) is 11.3. The zero-order valence-electron chi connectivity index (χ0n) is 11.3. The zero-order chi connectivity index (χ0) is 13.9. The summed E-state index contributed by atoms with van der Waals surface area (Å²) in [6, 6.07) is 15.8. The minimum Gasteiger partial charge on any atom is -0.497 e. The molecule has 3 rings (SSSR count). The predicted molar refractivity (Wildman–Crippen MR) is 76.1 cm³/mol. The largest absolute Gasteiger partial charge is 0.497 e. The van der Waals surface area contributed by atoms with E-state index in [0.29, 0.717) is 17.9 Å². The summed E-state index contributed by atoms with van der Waals surface area (Å²) in [5.74, 6) is 1.30. The molecule has 0 saturated carbocycles. The van der Waals surface area contributed by atoms with Crippen molar-refractivity contribution in [1.29, 1.82) is 0 Å². The van der Waals surface area contributed by atoms with Gasteiger partial charge in [-0.2, -0.15) is 0 Å². The lowest BCUT2D eigenvalue weighted by molar-refractivity contribution is -0.134. The molecule has 0 aromatic heterocycles. The molecule has 1 unspecified atom stereocenters. The number of carbonyl (C=O) groups is 1. The first-order chi connectivity index (χ1) is 9.76. The van der Waals surface area contributed by atoms with Crippen LogP contribution in [-0.4, -0.2) is 13.1 Å². The Morgan fingerprint density at radius 1 is 1.10 bits per heavy atom. The van der Waals surface area contributed by atoms with Crippen molar-refractivity contribution in [3.05, 3.63) is 59.7 Å². The molecule has 1 aliphatic heterocycles. The molecule has 102 valence electrons. The second-order valence-corrected chi connectivity index (χ2v) is 4.96. The van der Waals surface area contributed by atoms with Gasteiger partial charge in [0.05, 0.1) is 13.5 Å². The Kier molecular flexibility index (Phi) is 3.42.